The zero-order valence-corrected chi connectivity index (χ0v) is 14.4. The number of aromatic hydroxyl groups is 1. The molecule has 0 bridgehead atoms. The van der Waals surface area contributed by atoms with Gasteiger partial charge in [-0.3, -0.25) is 0 Å². The van der Waals surface area contributed by atoms with Crippen molar-refractivity contribution in [2.75, 3.05) is 5.73 Å². The van der Waals surface area contributed by atoms with Gasteiger partial charge in [-0.2, -0.15) is 0 Å². The van der Waals surface area contributed by atoms with Crippen LogP contribution in [0.2, 0.25) is 0 Å². The minimum Gasteiger partial charge on any atom is -0.508 e. The summed E-state index contributed by atoms with van der Waals surface area (Å²) in [5.74, 6) is 0.135. The topological polar surface area (TPSA) is 72.3 Å². The largest absolute Gasteiger partial charge is 0.508 e. The molecule has 0 aliphatic rings. The zero-order chi connectivity index (χ0) is 17.7. The third kappa shape index (κ3) is 4.26. The molecule has 2 atom stereocenters. The quantitative estimate of drug-likeness (QED) is 0.518. The van der Waals surface area contributed by atoms with Crippen molar-refractivity contribution >= 4 is 5.69 Å². The van der Waals surface area contributed by atoms with Crippen LogP contribution in [-0.2, 0) is 6.42 Å². The molecule has 2 aromatic rings. The highest BCUT2D eigenvalue weighted by Gasteiger charge is 2.19. The Labute approximate surface area is 143 Å². The van der Waals surface area contributed by atoms with Crippen molar-refractivity contribution < 1.29 is 9.50 Å². The second-order valence-corrected chi connectivity index (χ2v) is 6.40. The second-order valence-electron chi connectivity index (χ2n) is 6.40. The molecular formula is C20H27FN2O. The maximum absolute atomic E-state index is 13.8. The summed E-state index contributed by atoms with van der Waals surface area (Å²) in [7, 11) is 0. The molecule has 4 heteroatoms. The Morgan fingerprint density at radius 3 is 2.50 bits per heavy atom. The Morgan fingerprint density at radius 2 is 1.83 bits per heavy atom. The first-order valence-corrected chi connectivity index (χ1v) is 8.59. The van der Waals surface area contributed by atoms with Crippen molar-refractivity contribution in [1.82, 2.24) is 0 Å². The molecule has 24 heavy (non-hydrogen) atoms. The van der Waals surface area contributed by atoms with Crippen molar-refractivity contribution in [2.45, 2.75) is 45.6 Å². The molecule has 0 amide bonds. The number of nitrogen functional groups attached to an aromatic ring is 1. The van der Waals surface area contributed by atoms with E-state index >= 15 is 0 Å². The average Bonchev–Trinajstić information content (AvgIpc) is 2.57. The molecule has 0 saturated heterocycles. The van der Waals surface area contributed by atoms with Crippen LogP contribution in [0.4, 0.5) is 10.1 Å². The van der Waals surface area contributed by atoms with Gasteiger partial charge in [-0.15, -0.1) is 0 Å². The highest BCUT2D eigenvalue weighted by atomic mass is 19.1. The van der Waals surface area contributed by atoms with Crippen LogP contribution < -0.4 is 11.5 Å². The van der Waals surface area contributed by atoms with E-state index < -0.39 is 0 Å². The number of rotatable bonds is 7. The molecule has 0 saturated carbocycles. The van der Waals surface area contributed by atoms with Crippen LogP contribution in [0.3, 0.4) is 0 Å². The Hall–Kier alpha value is -2.07. The van der Waals surface area contributed by atoms with E-state index in [0.717, 1.165) is 36.8 Å². The fourth-order valence-corrected chi connectivity index (χ4v) is 3.21. The number of anilines is 1. The SMILES string of the molecule is CCC[C@H](Cc1ccc(F)cc1-c1cc(O)ccc1N)[C@@H](N)CC. The van der Waals surface area contributed by atoms with Crippen LogP contribution >= 0.6 is 0 Å². The summed E-state index contributed by atoms with van der Waals surface area (Å²) in [4.78, 5) is 0. The van der Waals surface area contributed by atoms with Crippen molar-refractivity contribution in [3.8, 4) is 16.9 Å². The van der Waals surface area contributed by atoms with Crippen LogP contribution in [0, 0.1) is 11.7 Å². The van der Waals surface area contributed by atoms with Crippen molar-refractivity contribution in [3.05, 3.63) is 47.8 Å². The molecule has 5 N–H and O–H groups in total. The molecule has 130 valence electrons. The Balaban J connectivity index is 2.46. The Morgan fingerprint density at radius 1 is 1.08 bits per heavy atom. The summed E-state index contributed by atoms with van der Waals surface area (Å²) in [6, 6.07) is 9.63. The number of hydrogen-bond donors (Lipinski definition) is 3. The summed E-state index contributed by atoms with van der Waals surface area (Å²) in [5.41, 5.74) is 15.3. The van der Waals surface area contributed by atoms with Crippen molar-refractivity contribution in [3.63, 3.8) is 0 Å². The van der Waals surface area contributed by atoms with Gasteiger partial charge in [0.2, 0.25) is 0 Å². The van der Waals surface area contributed by atoms with Crippen LogP contribution in [0.25, 0.3) is 11.1 Å². The summed E-state index contributed by atoms with van der Waals surface area (Å²) in [5, 5.41) is 9.78. The number of phenols is 1. The first-order valence-electron chi connectivity index (χ1n) is 8.59. The third-order valence-corrected chi connectivity index (χ3v) is 4.62. The molecule has 0 aliphatic carbocycles. The second kappa shape index (κ2) is 8.15. The van der Waals surface area contributed by atoms with E-state index in [2.05, 4.69) is 13.8 Å². The molecule has 0 aromatic heterocycles. The van der Waals surface area contributed by atoms with Gasteiger partial charge in [0.05, 0.1) is 0 Å². The Kier molecular flexibility index (Phi) is 6.21. The van der Waals surface area contributed by atoms with E-state index in [-0.39, 0.29) is 17.6 Å². The normalized spacial score (nSPS) is 13.7. The molecule has 2 aromatic carbocycles. The average molecular weight is 330 g/mol. The molecule has 2 rings (SSSR count). The van der Waals surface area contributed by atoms with E-state index in [1.165, 1.54) is 18.2 Å². The molecule has 0 heterocycles. The van der Waals surface area contributed by atoms with Gasteiger partial charge < -0.3 is 16.6 Å². The summed E-state index contributed by atoms with van der Waals surface area (Å²) < 4.78 is 13.8. The van der Waals surface area contributed by atoms with E-state index in [1.54, 1.807) is 18.2 Å². The minimum absolute atomic E-state index is 0.115. The molecule has 0 fully saturated rings. The van der Waals surface area contributed by atoms with Crippen molar-refractivity contribution in [2.24, 2.45) is 11.7 Å². The van der Waals surface area contributed by atoms with E-state index in [1.807, 2.05) is 0 Å². The molecular weight excluding hydrogens is 303 g/mol. The molecule has 0 spiro atoms. The minimum atomic E-state index is -0.316. The van der Waals surface area contributed by atoms with E-state index in [4.69, 9.17) is 11.5 Å². The fraction of sp³-hybridized carbons (Fsp3) is 0.400. The van der Waals surface area contributed by atoms with Gasteiger partial charge in [0.15, 0.2) is 0 Å². The van der Waals surface area contributed by atoms with Crippen LogP contribution in [0.5, 0.6) is 5.75 Å². The zero-order valence-electron chi connectivity index (χ0n) is 14.4. The number of halogens is 1. The fourth-order valence-electron chi connectivity index (χ4n) is 3.21. The maximum atomic E-state index is 13.8. The highest BCUT2D eigenvalue weighted by Crippen LogP contribution is 2.34. The molecule has 0 radical (unpaired) electrons. The number of phenolic OH excluding ortho intramolecular Hbond substituents is 1. The maximum Gasteiger partial charge on any atom is 0.123 e. The lowest BCUT2D eigenvalue weighted by Crippen LogP contribution is -2.30. The van der Waals surface area contributed by atoms with Gasteiger partial charge in [0.1, 0.15) is 11.6 Å². The first-order chi connectivity index (χ1) is 11.5. The van der Waals surface area contributed by atoms with Gasteiger partial charge in [-0.1, -0.05) is 26.3 Å². The first kappa shape index (κ1) is 18.3. The molecule has 0 aliphatic heterocycles. The standard InChI is InChI=1S/C20H27FN2O/c1-3-5-14(19(22)4-2)10-13-6-7-15(21)11-17(13)18-12-16(24)8-9-20(18)23/h6-9,11-12,14,19,24H,3-5,10,22-23H2,1-2H3/t14-,19+/m1/s1. The number of nitrogens with two attached hydrogens (primary N) is 2. The van der Waals surface area contributed by atoms with E-state index in [9.17, 15) is 9.50 Å². The predicted molar refractivity (Wildman–Crippen MR) is 98.3 cm³/mol. The van der Waals surface area contributed by atoms with Gasteiger partial charge in [-0.05, 0) is 66.6 Å². The lowest BCUT2D eigenvalue weighted by Gasteiger charge is -2.24. The summed E-state index contributed by atoms with van der Waals surface area (Å²) in [6.07, 6.45) is 3.77. The highest BCUT2D eigenvalue weighted by molar-refractivity contribution is 5.79. The van der Waals surface area contributed by atoms with Crippen LogP contribution in [-0.4, -0.2) is 11.1 Å². The monoisotopic (exact) mass is 330 g/mol. The van der Waals surface area contributed by atoms with Gasteiger partial charge in [0.25, 0.3) is 0 Å². The summed E-state index contributed by atoms with van der Waals surface area (Å²) in [6.45, 7) is 4.24. The van der Waals surface area contributed by atoms with Gasteiger partial charge in [-0.25, -0.2) is 4.39 Å². The molecule has 3 nitrogen and oxygen atoms in total. The Bertz CT molecular complexity index is 687. The van der Waals surface area contributed by atoms with Crippen molar-refractivity contribution in [1.29, 1.82) is 0 Å². The van der Waals surface area contributed by atoms with Crippen LogP contribution in [0.1, 0.15) is 38.7 Å². The number of benzene rings is 2. The smallest absolute Gasteiger partial charge is 0.123 e. The number of hydrogen-bond acceptors (Lipinski definition) is 3. The van der Waals surface area contributed by atoms with E-state index in [0.29, 0.717) is 17.2 Å². The predicted octanol–water partition coefficient (Wildman–Crippen LogP) is 4.48. The molecule has 0 unspecified atom stereocenters. The third-order valence-electron chi connectivity index (χ3n) is 4.62. The lowest BCUT2D eigenvalue weighted by molar-refractivity contribution is 0.379. The van der Waals surface area contributed by atoms with Gasteiger partial charge >= 0.3 is 0 Å². The van der Waals surface area contributed by atoms with Crippen LogP contribution in [0.15, 0.2) is 36.4 Å². The summed E-state index contributed by atoms with van der Waals surface area (Å²) >= 11 is 0. The van der Waals surface area contributed by atoms with Gasteiger partial charge in [0, 0.05) is 17.3 Å². The lowest BCUT2D eigenvalue weighted by atomic mass is 9.84.